The average Bonchev–Trinajstić information content (AvgIpc) is 3.03. The second kappa shape index (κ2) is 15.1. The molecular formula is C34H42N2O6. The fourth-order valence-electron chi connectivity index (χ4n) is 5.10. The summed E-state index contributed by atoms with van der Waals surface area (Å²) in [6.45, 7) is 8.74. The van der Waals surface area contributed by atoms with E-state index < -0.39 is 18.5 Å². The number of ether oxygens (including phenoxy) is 3. The van der Waals surface area contributed by atoms with Crippen LogP contribution in [0.3, 0.4) is 0 Å². The minimum absolute atomic E-state index is 0.00907. The van der Waals surface area contributed by atoms with E-state index in [1.807, 2.05) is 92.8 Å². The molecule has 1 aliphatic heterocycles. The summed E-state index contributed by atoms with van der Waals surface area (Å²) in [5.41, 5.74) is 4.50. The zero-order chi connectivity index (χ0) is 30.1. The molecule has 3 N–H and O–H groups in total. The molecular weight excluding hydrogens is 532 g/mol. The highest BCUT2D eigenvalue weighted by molar-refractivity contribution is 5.67. The molecule has 8 heteroatoms. The molecule has 1 saturated heterocycles. The topological polar surface area (TPSA) is 100 Å². The van der Waals surface area contributed by atoms with Gasteiger partial charge in [0.25, 0.3) is 0 Å². The summed E-state index contributed by atoms with van der Waals surface area (Å²) < 4.78 is 18.1. The van der Waals surface area contributed by atoms with Crippen LogP contribution in [0.1, 0.15) is 60.2 Å². The number of benzene rings is 3. The maximum absolute atomic E-state index is 11.8. The Morgan fingerprint density at radius 3 is 2.31 bits per heavy atom. The maximum atomic E-state index is 11.8. The van der Waals surface area contributed by atoms with Crippen molar-refractivity contribution < 1.29 is 29.2 Å². The number of likely N-dealkylation sites (N-methyl/N-ethyl adjacent to an activating group) is 1. The fraction of sp³-hybridized carbons (Fsp3) is 0.382. The molecule has 0 radical (unpaired) electrons. The first-order valence-corrected chi connectivity index (χ1v) is 14.3. The summed E-state index contributed by atoms with van der Waals surface area (Å²) >= 11 is 0. The molecule has 1 aliphatic rings. The molecule has 0 unspecified atom stereocenters. The molecule has 1 heterocycles. The van der Waals surface area contributed by atoms with Gasteiger partial charge in [-0.15, -0.1) is 0 Å². The van der Waals surface area contributed by atoms with Crippen molar-refractivity contribution in [3.05, 3.63) is 119 Å². The van der Waals surface area contributed by atoms with Crippen LogP contribution in [0.25, 0.3) is 0 Å². The van der Waals surface area contributed by atoms with E-state index in [-0.39, 0.29) is 37.4 Å². The molecule has 3 aromatic rings. The number of amides is 1. The van der Waals surface area contributed by atoms with Crippen molar-refractivity contribution in [1.82, 2.24) is 10.2 Å². The zero-order valence-electron chi connectivity index (χ0n) is 24.6. The van der Waals surface area contributed by atoms with E-state index in [4.69, 9.17) is 14.2 Å². The largest absolute Gasteiger partial charge is 0.445 e. The number of rotatable bonds is 12. The van der Waals surface area contributed by atoms with Crippen LogP contribution < -0.4 is 5.32 Å². The molecule has 6 atom stereocenters. The van der Waals surface area contributed by atoms with Crippen molar-refractivity contribution in [2.45, 2.75) is 57.6 Å². The second-order valence-electron chi connectivity index (χ2n) is 10.8. The van der Waals surface area contributed by atoms with E-state index in [0.717, 1.165) is 27.8 Å². The van der Waals surface area contributed by atoms with E-state index in [1.54, 1.807) is 0 Å². The van der Waals surface area contributed by atoms with Gasteiger partial charge in [0, 0.05) is 30.6 Å². The van der Waals surface area contributed by atoms with Gasteiger partial charge in [0.05, 0.1) is 24.9 Å². The summed E-state index contributed by atoms with van der Waals surface area (Å²) in [7, 11) is 2.00. The van der Waals surface area contributed by atoms with Gasteiger partial charge in [-0.2, -0.15) is 0 Å². The van der Waals surface area contributed by atoms with Crippen molar-refractivity contribution >= 4 is 6.09 Å². The Bertz CT molecular complexity index is 1270. The van der Waals surface area contributed by atoms with E-state index >= 15 is 0 Å². The number of hydrogen-bond donors (Lipinski definition) is 3. The van der Waals surface area contributed by atoms with Crippen molar-refractivity contribution in [3.8, 4) is 0 Å². The van der Waals surface area contributed by atoms with Gasteiger partial charge in [0.1, 0.15) is 6.61 Å². The third-order valence-electron chi connectivity index (χ3n) is 7.91. The number of carbonyl (C=O) groups excluding carboxylic acids is 1. The standard InChI is InChI=1S/C34H42N2O6/c1-5-19-40-34(39)35-20-25-11-17-29(18-12-25)33-41-30(21-36(4)24(3)31(38)27-9-7-6-8-10-27)23(2)32(42-33)28-15-13-26(22-37)14-16-28/h5-18,23-24,30-33,37-38H,1,19-22H2,2-4H3,(H,35,39)/t23-,24+,30+,31+,32+,33+/m1/s1. The first-order chi connectivity index (χ1) is 20.3. The lowest BCUT2D eigenvalue weighted by atomic mass is 9.89. The Balaban J connectivity index is 1.51. The number of nitrogens with one attached hydrogen (secondary N) is 1. The van der Waals surface area contributed by atoms with Gasteiger partial charge in [-0.3, -0.25) is 4.90 Å². The van der Waals surface area contributed by atoms with E-state index in [9.17, 15) is 15.0 Å². The molecule has 1 amide bonds. The Kier molecular flexibility index (Phi) is 11.3. The predicted octanol–water partition coefficient (Wildman–Crippen LogP) is 5.44. The Morgan fingerprint density at radius 2 is 1.67 bits per heavy atom. The molecule has 1 fully saturated rings. The van der Waals surface area contributed by atoms with Gasteiger partial charge in [-0.05, 0) is 36.2 Å². The zero-order valence-corrected chi connectivity index (χ0v) is 24.6. The summed E-state index contributed by atoms with van der Waals surface area (Å²) in [6.07, 6.45) is -0.672. The highest BCUT2D eigenvalue weighted by Crippen LogP contribution is 2.42. The quantitative estimate of drug-likeness (QED) is 0.248. The van der Waals surface area contributed by atoms with Crippen LogP contribution in [0.2, 0.25) is 0 Å². The Labute approximate surface area is 248 Å². The summed E-state index contributed by atoms with van der Waals surface area (Å²) in [5.74, 6) is 0.00907. The molecule has 0 bridgehead atoms. The smallest absolute Gasteiger partial charge is 0.407 e. The van der Waals surface area contributed by atoms with Gasteiger partial charge in [0.15, 0.2) is 6.29 Å². The first kappa shape index (κ1) is 31.4. The number of aliphatic hydroxyl groups excluding tert-OH is 2. The van der Waals surface area contributed by atoms with Crippen LogP contribution in [0.4, 0.5) is 4.79 Å². The highest BCUT2D eigenvalue weighted by Gasteiger charge is 2.39. The second-order valence-corrected chi connectivity index (χ2v) is 10.8. The molecule has 8 nitrogen and oxygen atoms in total. The molecule has 3 aromatic carbocycles. The molecule has 4 rings (SSSR count). The minimum Gasteiger partial charge on any atom is -0.445 e. The number of nitrogens with zero attached hydrogens (tertiary/aromatic N) is 1. The van der Waals surface area contributed by atoms with Crippen molar-refractivity contribution in [2.24, 2.45) is 5.92 Å². The molecule has 42 heavy (non-hydrogen) atoms. The number of aliphatic hydroxyl groups is 2. The van der Waals surface area contributed by atoms with Crippen LogP contribution in [0.5, 0.6) is 0 Å². The van der Waals surface area contributed by atoms with Gasteiger partial charge in [-0.25, -0.2) is 4.79 Å². The minimum atomic E-state index is -0.640. The summed E-state index contributed by atoms with van der Waals surface area (Å²) in [5, 5.41) is 23.3. The Morgan fingerprint density at radius 1 is 1.02 bits per heavy atom. The van der Waals surface area contributed by atoms with Crippen LogP contribution in [-0.4, -0.2) is 53.6 Å². The number of alkyl carbamates (subject to hydrolysis) is 1. The van der Waals surface area contributed by atoms with Gasteiger partial charge in [0.2, 0.25) is 0 Å². The van der Waals surface area contributed by atoms with Gasteiger partial charge < -0.3 is 29.7 Å². The average molecular weight is 575 g/mol. The maximum Gasteiger partial charge on any atom is 0.407 e. The SMILES string of the molecule is C=CCOC(=O)NCc1ccc([C@H]2O[C@@H](CN(C)[C@@H](C)[C@H](O)c3ccccc3)[C@@H](C)[C@@H](c3ccc(CO)cc3)O2)cc1. The van der Waals surface area contributed by atoms with Crippen LogP contribution in [0, 0.1) is 5.92 Å². The van der Waals surface area contributed by atoms with Crippen LogP contribution in [-0.2, 0) is 27.4 Å². The van der Waals surface area contributed by atoms with Crippen LogP contribution >= 0.6 is 0 Å². The lowest BCUT2D eigenvalue weighted by molar-refractivity contribution is -0.276. The van der Waals surface area contributed by atoms with E-state index in [0.29, 0.717) is 13.1 Å². The van der Waals surface area contributed by atoms with Gasteiger partial charge >= 0.3 is 6.09 Å². The van der Waals surface area contributed by atoms with Gasteiger partial charge in [-0.1, -0.05) is 98.4 Å². The first-order valence-electron chi connectivity index (χ1n) is 14.3. The summed E-state index contributed by atoms with van der Waals surface area (Å²) in [6, 6.07) is 25.1. The predicted molar refractivity (Wildman–Crippen MR) is 161 cm³/mol. The summed E-state index contributed by atoms with van der Waals surface area (Å²) in [4.78, 5) is 13.9. The van der Waals surface area contributed by atoms with Crippen LogP contribution in [0.15, 0.2) is 91.5 Å². The number of hydrogen-bond acceptors (Lipinski definition) is 7. The molecule has 0 saturated carbocycles. The monoisotopic (exact) mass is 574 g/mol. The van der Waals surface area contributed by atoms with E-state index in [1.165, 1.54) is 6.08 Å². The molecule has 224 valence electrons. The lowest BCUT2D eigenvalue weighted by Crippen LogP contribution is -2.46. The molecule has 0 aliphatic carbocycles. The lowest BCUT2D eigenvalue weighted by Gasteiger charge is -2.43. The molecule has 0 spiro atoms. The van der Waals surface area contributed by atoms with Crippen molar-refractivity contribution in [1.29, 1.82) is 0 Å². The van der Waals surface area contributed by atoms with Crippen molar-refractivity contribution in [3.63, 3.8) is 0 Å². The third kappa shape index (κ3) is 8.06. The Hall–Kier alpha value is -3.53. The fourth-order valence-corrected chi connectivity index (χ4v) is 5.10. The van der Waals surface area contributed by atoms with Crippen molar-refractivity contribution in [2.75, 3.05) is 20.2 Å². The normalized spacial score (nSPS) is 21.9. The highest BCUT2D eigenvalue weighted by atomic mass is 16.7. The third-order valence-corrected chi connectivity index (χ3v) is 7.91. The molecule has 0 aromatic heterocycles. The van der Waals surface area contributed by atoms with E-state index in [2.05, 4.69) is 23.7 Å². The number of carbonyl (C=O) groups is 1.